The summed E-state index contributed by atoms with van der Waals surface area (Å²) in [6.07, 6.45) is 0.654. The van der Waals surface area contributed by atoms with Crippen molar-refractivity contribution in [2.75, 3.05) is 6.61 Å². The molecule has 4 nitrogen and oxygen atoms in total. The quantitative estimate of drug-likeness (QED) is 0.500. The largest absolute Gasteiger partial charge is 1.00 e. The molecule has 1 aromatic carbocycles. The van der Waals surface area contributed by atoms with Crippen LogP contribution in [0.4, 0.5) is 0 Å². The third kappa shape index (κ3) is 3.03. The van der Waals surface area contributed by atoms with Crippen LogP contribution in [0.15, 0.2) is 41.9 Å². The molecule has 0 saturated heterocycles. The molecule has 0 fully saturated rings. The molecule has 102 valence electrons. The summed E-state index contributed by atoms with van der Waals surface area (Å²) in [5.41, 5.74) is 0.782. The Hall–Kier alpha value is -1.37. The average molecular weight is 268 g/mol. The van der Waals surface area contributed by atoms with Crippen LogP contribution >= 0.6 is 0 Å². The van der Waals surface area contributed by atoms with E-state index in [1.54, 1.807) is 13.8 Å². The Labute approximate surface area is 131 Å². The number of esters is 1. The van der Waals surface area contributed by atoms with Crippen molar-refractivity contribution in [3.05, 3.63) is 47.4 Å². The van der Waals surface area contributed by atoms with Crippen molar-refractivity contribution < 1.29 is 38.2 Å². The summed E-state index contributed by atoms with van der Waals surface area (Å²) in [4.78, 5) is 11.5. The summed E-state index contributed by atoms with van der Waals surface area (Å²) in [6.45, 7) is 3.88. The Balaban J connectivity index is 0.00000200. The molecule has 1 heterocycles. The predicted molar refractivity (Wildman–Crippen MR) is 67.8 cm³/mol. The van der Waals surface area contributed by atoms with E-state index < -0.39 is 5.60 Å². The molecule has 0 radical (unpaired) electrons. The zero-order valence-electron chi connectivity index (χ0n) is 12.1. The van der Waals surface area contributed by atoms with Crippen molar-refractivity contribution >= 4 is 5.97 Å². The molecular weight excluding hydrogens is 251 g/mol. The van der Waals surface area contributed by atoms with Gasteiger partial charge in [-0.25, -0.2) is 0 Å². The molecule has 0 saturated carbocycles. The molecule has 0 aliphatic carbocycles. The number of hydrogen-bond acceptors (Lipinski definition) is 4. The molecule has 20 heavy (non-hydrogen) atoms. The van der Waals surface area contributed by atoms with Crippen molar-refractivity contribution in [2.45, 2.75) is 32.3 Å². The van der Waals surface area contributed by atoms with Crippen LogP contribution in [0.5, 0.6) is 0 Å². The van der Waals surface area contributed by atoms with Crippen LogP contribution in [0, 0.1) is 0 Å². The van der Waals surface area contributed by atoms with E-state index in [4.69, 9.17) is 9.47 Å². The molecule has 0 N–H and O–H groups in total. The van der Waals surface area contributed by atoms with E-state index in [1.165, 1.54) is 0 Å². The topological polar surface area (TPSA) is 58.6 Å². The fourth-order valence-corrected chi connectivity index (χ4v) is 2.31. The summed E-state index contributed by atoms with van der Waals surface area (Å²) >= 11 is 0. The van der Waals surface area contributed by atoms with E-state index in [9.17, 15) is 9.90 Å². The SMILES string of the molecule is CCOC(=O)CCC1(c2ccccc2)OC([O-])=C1C.[Li+]. The van der Waals surface area contributed by atoms with Crippen molar-refractivity contribution in [1.29, 1.82) is 0 Å². The predicted octanol–water partition coefficient (Wildman–Crippen LogP) is -1.15. The normalized spacial score (nSPS) is 20.5. The van der Waals surface area contributed by atoms with Crippen LogP contribution in [0.25, 0.3) is 0 Å². The summed E-state index contributed by atoms with van der Waals surface area (Å²) in [5, 5.41) is 11.4. The van der Waals surface area contributed by atoms with Gasteiger partial charge in [0.05, 0.1) is 18.2 Å². The van der Waals surface area contributed by atoms with Crippen molar-refractivity contribution in [2.24, 2.45) is 0 Å². The summed E-state index contributed by atoms with van der Waals surface area (Å²) < 4.78 is 10.3. The van der Waals surface area contributed by atoms with Gasteiger partial charge in [0.2, 0.25) is 0 Å². The molecule has 1 aromatic rings. The van der Waals surface area contributed by atoms with E-state index in [0.717, 1.165) is 5.56 Å². The minimum Gasteiger partial charge on any atom is -0.598 e. The first-order valence-electron chi connectivity index (χ1n) is 6.38. The molecule has 2 rings (SSSR count). The summed E-state index contributed by atoms with van der Waals surface area (Å²) in [6, 6.07) is 9.49. The zero-order valence-corrected chi connectivity index (χ0v) is 12.1. The standard InChI is InChI=1S/C15H18O4.Li/c1-3-18-13(16)9-10-15(11(2)14(17)19-15)12-7-5-4-6-8-12;/h4-8,17H,3,9-10H2,1-2H3;/q;+1/p-1. The van der Waals surface area contributed by atoms with Crippen LogP contribution in [-0.2, 0) is 19.9 Å². The molecule has 0 spiro atoms. The Kier molecular flexibility index (Phi) is 5.73. The second kappa shape index (κ2) is 6.87. The van der Waals surface area contributed by atoms with Gasteiger partial charge >= 0.3 is 24.8 Å². The number of hydrogen-bond donors (Lipinski definition) is 0. The molecule has 1 aliphatic rings. The second-order valence-electron chi connectivity index (χ2n) is 4.51. The Bertz CT molecular complexity index is 498. The third-order valence-electron chi connectivity index (χ3n) is 3.41. The molecular formula is C15H17LiO4. The maximum Gasteiger partial charge on any atom is 1.00 e. The monoisotopic (exact) mass is 268 g/mol. The first-order valence-corrected chi connectivity index (χ1v) is 6.38. The number of carbonyl (C=O) groups excluding carboxylic acids is 1. The maximum absolute atomic E-state index is 11.5. The van der Waals surface area contributed by atoms with Crippen LogP contribution < -0.4 is 24.0 Å². The van der Waals surface area contributed by atoms with E-state index in [-0.39, 0.29) is 37.2 Å². The van der Waals surface area contributed by atoms with Crippen LogP contribution in [0.3, 0.4) is 0 Å². The van der Waals surface area contributed by atoms with Gasteiger partial charge in [0.1, 0.15) is 0 Å². The number of rotatable bonds is 5. The summed E-state index contributed by atoms with van der Waals surface area (Å²) in [7, 11) is 0. The van der Waals surface area contributed by atoms with E-state index in [1.807, 2.05) is 30.3 Å². The molecule has 1 unspecified atom stereocenters. The minimum atomic E-state index is -0.759. The smallest absolute Gasteiger partial charge is 0.598 e. The zero-order chi connectivity index (χ0) is 13.9. The van der Waals surface area contributed by atoms with Gasteiger partial charge in [0, 0.05) is 6.42 Å². The van der Waals surface area contributed by atoms with Crippen LogP contribution in [0.2, 0.25) is 0 Å². The molecule has 1 aliphatic heterocycles. The molecule has 0 amide bonds. The summed E-state index contributed by atoms with van der Waals surface area (Å²) in [5.74, 6) is -0.568. The van der Waals surface area contributed by atoms with Gasteiger partial charge < -0.3 is 14.6 Å². The fraction of sp³-hybridized carbons (Fsp3) is 0.400. The second-order valence-corrected chi connectivity index (χ2v) is 4.51. The van der Waals surface area contributed by atoms with E-state index in [2.05, 4.69) is 0 Å². The first-order chi connectivity index (χ1) is 9.10. The molecule has 0 bridgehead atoms. The van der Waals surface area contributed by atoms with Gasteiger partial charge in [-0.3, -0.25) is 4.79 Å². The van der Waals surface area contributed by atoms with Gasteiger partial charge in [-0.15, -0.1) is 0 Å². The molecule has 1 atom stereocenters. The molecule has 5 heteroatoms. The van der Waals surface area contributed by atoms with Gasteiger partial charge in [-0.1, -0.05) is 30.3 Å². The number of benzene rings is 1. The van der Waals surface area contributed by atoms with E-state index >= 15 is 0 Å². The van der Waals surface area contributed by atoms with Crippen LogP contribution in [-0.4, -0.2) is 12.6 Å². The fourth-order valence-electron chi connectivity index (χ4n) is 2.31. The third-order valence-corrected chi connectivity index (χ3v) is 3.41. The Morgan fingerprint density at radius 1 is 1.35 bits per heavy atom. The maximum atomic E-state index is 11.5. The van der Waals surface area contributed by atoms with Crippen LogP contribution in [0.1, 0.15) is 32.3 Å². The van der Waals surface area contributed by atoms with Crippen molar-refractivity contribution in [3.8, 4) is 0 Å². The van der Waals surface area contributed by atoms with E-state index in [0.29, 0.717) is 18.6 Å². The number of carbonyl (C=O) groups is 1. The Morgan fingerprint density at radius 2 is 2.00 bits per heavy atom. The van der Waals surface area contributed by atoms with Gasteiger partial charge in [-0.2, -0.15) is 0 Å². The average Bonchev–Trinajstić information content (AvgIpc) is 2.44. The molecule has 0 aromatic heterocycles. The van der Waals surface area contributed by atoms with Crippen molar-refractivity contribution in [1.82, 2.24) is 0 Å². The van der Waals surface area contributed by atoms with Crippen molar-refractivity contribution in [3.63, 3.8) is 0 Å². The minimum absolute atomic E-state index is 0. The Morgan fingerprint density at radius 3 is 2.50 bits per heavy atom. The van der Waals surface area contributed by atoms with Gasteiger partial charge in [0.25, 0.3) is 0 Å². The van der Waals surface area contributed by atoms with Gasteiger partial charge in [0.15, 0.2) is 0 Å². The van der Waals surface area contributed by atoms with Gasteiger partial charge in [-0.05, 0) is 31.4 Å². The number of ether oxygens (including phenoxy) is 2. The first kappa shape index (κ1) is 16.7.